The molecule has 0 aliphatic carbocycles. The first-order valence-electron chi connectivity index (χ1n) is 5.68. The van der Waals surface area contributed by atoms with Crippen LogP contribution in [0.1, 0.15) is 25.6 Å². The van der Waals surface area contributed by atoms with Crippen molar-refractivity contribution in [3.8, 4) is 0 Å². The molecule has 7 heteroatoms. The van der Waals surface area contributed by atoms with E-state index in [1.165, 1.54) is 18.3 Å². The molecule has 0 aliphatic rings. The Bertz CT molecular complexity index is 507. The number of nitrogens with one attached hydrogen (secondary N) is 1. The summed E-state index contributed by atoms with van der Waals surface area (Å²) in [6, 6.07) is 2.43. The highest BCUT2D eigenvalue weighted by Gasteiger charge is 2.24. The number of hydrogen-bond donors (Lipinski definition) is 1. The van der Waals surface area contributed by atoms with E-state index in [9.17, 15) is 13.2 Å². The van der Waals surface area contributed by atoms with Crippen LogP contribution in [0, 0.1) is 0 Å². The molecule has 0 bridgehead atoms. The van der Waals surface area contributed by atoms with Gasteiger partial charge in [-0.05, 0) is 32.4 Å². The van der Waals surface area contributed by atoms with E-state index in [1.807, 2.05) is 6.92 Å². The van der Waals surface area contributed by atoms with Crippen LogP contribution in [0.15, 0.2) is 16.3 Å². The SMILES string of the molecule is CCOC(=O)C(C)NS(=O)(=O)c1ccc(CC)s1. The third-order valence-corrected chi connectivity index (χ3v) is 5.48. The molecule has 102 valence electrons. The molecule has 0 radical (unpaired) electrons. The van der Waals surface area contributed by atoms with Crippen LogP contribution in [-0.4, -0.2) is 27.0 Å². The van der Waals surface area contributed by atoms with Gasteiger partial charge in [-0.25, -0.2) is 8.42 Å². The molecule has 1 aromatic heterocycles. The van der Waals surface area contributed by atoms with Gasteiger partial charge in [-0.1, -0.05) is 6.92 Å². The van der Waals surface area contributed by atoms with Gasteiger partial charge in [0.15, 0.2) is 0 Å². The summed E-state index contributed by atoms with van der Waals surface area (Å²) < 4.78 is 31.2. The zero-order valence-corrected chi connectivity index (χ0v) is 12.2. The van der Waals surface area contributed by atoms with Crippen LogP contribution in [0.3, 0.4) is 0 Å². The number of thiophene rings is 1. The summed E-state index contributed by atoms with van der Waals surface area (Å²) in [7, 11) is -3.64. The van der Waals surface area contributed by atoms with E-state index < -0.39 is 22.0 Å². The minimum Gasteiger partial charge on any atom is -0.465 e. The van der Waals surface area contributed by atoms with Crippen LogP contribution in [0.4, 0.5) is 0 Å². The van der Waals surface area contributed by atoms with Crippen LogP contribution in [-0.2, 0) is 26.0 Å². The Morgan fingerprint density at radius 2 is 2.11 bits per heavy atom. The topological polar surface area (TPSA) is 72.5 Å². The Balaban J connectivity index is 2.78. The highest BCUT2D eigenvalue weighted by Crippen LogP contribution is 2.21. The number of ether oxygens (including phenoxy) is 1. The summed E-state index contributed by atoms with van der Waals surface area (Å²) in [5.74, 6) is -0.576. The highest BCUT2D eigenvalue weighted by atomic mass is 32.2. The van der Waals surface area contributed by atoms with Gasteiger partial charge in [-0.2, -0.15) is 4.72 Å². The average Bonchev–Trinajstić information content (AvgIpc) is 2.78. The van der Waals surface area contributed by atoms with E-state index in [2.05, 4.69) is 4.72 Å². The molecule has 0 aromatic carbocycles. The molecule has 1 atom stereocenters. The van der Waals surface area contributed by atoms with Crippen molar-refractivity contribution in [2.75, 3.05) is 6.61 Å². The Kier molecular flexibility index (Phi) is 5.30. The number of carbonyl (C=O) groups is 1. The van der Waals surface area contributed by atoms with Gasteiger partial charge in [0.1, 0.15) is 10.3 Å². The standard InChI is InChI=1S/C11H17NO4S2/c1-4-9-6-7-10(17-9)18(14,15)12-8(3)11(13)16-5-2/h6-8,12H,4-5H2,1-3H3. The molecule has 1 heterocycles. The molecule has 0 saturated heterocycles. The third kappa shape index (κ3) is 3.79. The van der Waals surface area contributed by atoms with Gasteiger partial charge in [0.2, 0.25) is 0 Å². The van der Waals surface area contributed by atoms with Gasteiger partial charge in [0, 0.05) is 4.88 Å². The Hall–Kier alpha value is -0.920. The molecule has 0 spiro atoms. The lowest BCUT2D eigenvalue weighted by atomic mass is 10.4. The van der Waals surface area contributed by atoms with Gasteiger partial charge in [-0.15, -0.1) is 11.3 Å². The molecule has 1 N–H and O–H groups in total. The van der Waals surface area contributed by atoms with Crippen molar-refractivity contribution < 1.29 is 17.9 Å². The summed E-state index contributed by atoms with van der Waals surface area (Å²) in [5.41, 5.74) is 0. The second-order valence-electron chi connectivity index (χ2n) is 3.67. The summed E-state index contributed by atoms with van der Waals surface area (Å²) in [6.07, 6.45) is 0.785. The molecule has 0 amide bonds. The van der Waals surface area contributed by atoms with Crippen LogP contribution in [0.5, 0.6) is 0 Å². The molecule has 5 nitrogen and oxygen atoms in total. The van der Waals surface area contributed by atoms with Gasteiger partial charge in [0.05, 0.1) is 6.61 Å². The van der Waals surface area contributed by atoms with E-state index in [4.69, 9.17) is 4.74 Å². The summed E-state index contributed by atoms with van der Waals surface area (Å²) in [4.78, 5) is 12.4. The van der Waals surface area contributed by atoms with Gasteiger partial charge in [0.25, 0.3) is 10.0 Å². The van der Waals surface area contributed by atoms with E-state index in [1.54, 1.807) is 19.1 Å². The largest absolute Gasteiger partial charge is 0.465 e. The van der Waals surface area contributed by atoms with Crippen molar-refractivity contribution in [3.05, 3.63) is 17.0 Å². The van der Waals surface area contributed by atoms with Gasteiger partial charge < -0.3 is 4.74 Å². The summed E-state index contributed by atoms with van der Waals surface area (Å²) in [5, 5.41) is 0. The number of carbonyl (C=O) groups excluding carboxylic acids is 1. The predicted molar refractivity (Wildman–Crippen MR) is 70.1 cm³/mol. The third-order valence-electron chi connectivity index (χ3n) is 2.22. The fourth-order valence-corrected chi connectivity index (χ4v) is 3.80. The van der Waals surface area contributed by atoms with E-state index in [-0.39, 0.29) is 10.8 Å². The van der Waals surface area contributed by atoms with Crippen LogP contribution in [0.2, 0.25) is 0 Å². The molecule has 1 aromatic rings. The molecular weight excluding hydrogens is 274 g/mol. The lowest BCUT2D eigenvalue weighted by molar-refractivity contribution is -0.144. The number of aryl methyl sites for hydroxylation is 1. The van der Waals surface area contributed by atoms with Crippen molar-refractivity contribution in [2.24, 2.45) is 0 Å². The Labute approximate surface area is 111 Å². The summed E-state index contributed by atoms with van der Waals surface area (Å²) in [6.45, 7) is 5.32. The van der Waals surface area contributed by atoms with Gasteiger partial charge >= 0.3 is 5.97 Å². The lowest BCUT2D eigenvalue weighted by Gasteiger charge is -2.11. The first-order valence-corrected chi connectivity index (χ1v) is 7.98. The molecular formula is C11H17NO4S2. The number of esters is 1. The van der Waals surface area contributed by atoms with E-state index >= 15 is 0 Å². The summed E-state index contributed by atoms with van der Waals surface area (Å²) >= 11 is 1.20. The van der Waals surface area contributed by atoms with Crippen molar-refractivity contribution in [1.82, 2.24) is 4.72 Å². The van der Waals surface area contributed by atoms with E-state index in [0.717, 1.165) is 11.3 Å². The van der Waals surface area contributed by atoms with Crippen LogP contribution >= 0.6 is 11.3 Å². The molecule has 1 rings (SSSR count). The first-order chi connectivity index (χ1) is 8.40. The van der Waals surface area contributed by atoms with Gasteiger partial charge in [-0.3, -0.25) is 4.79 Å². The lowest BCUT2D eigenvalue weighted by Crippen LogP contribution is -2.39. The number of hydrogen-bond acceptors (Lipinski definition) is 5. The smallest absolute Gasteiger partial charge is 0.323 e. The maximum Gasteiger partial charge on any atom is 0.323 e. The van der Waals surface area contributed by atoms with Crippen molar-refractivity contribution in [3.63, 3.8) is 0 Å². The molecule has 18 heavy (non-hydrogen) atoms. The van der Waals surface area contributed by atoms with Crippen molar-refractivity contribution in [1.29, 1.82) is 0 Å². The highest BCUT2D eigenvalue weighted by molar-refractivity contribution is 7.91. The number of sulfonamides is 1. The van der Waals surface area contributed by atoms with E-state index in [0.29, 0.717) is 0 Å². The number of rotatable bonds is 6. The maximum absolute atomic E-state index is 12.0. The van der Waals surface area contributed by atoms with Crippen LogP contribution in [0.25, 0.3) is 0 Å². The average molecular weight is 291 g/mol. The Morgan fingerprint density at radius 3 is 2.61 bits per heavy atom. The van der Waals surface area contributed by atoms with Crippen LogP contribution < -0.4 is 4.72 Å². The van der Waals surface area contributed by atoms with Crippen molar-refractivity contribution in [2.45, 2.75) is 37.4 Å². The predicted octanol–water partition coefficient (Wildman–Crippen LogP) is 1.54. The second kappa shape index (κ2) is 6.31. The quantitative estimate of drug-likeness (QED) is 0.807. The zero-order valence-electron chi connectivity index (χ0n) is 10.6. The second-order valence-corrected chi connectivity index (χ2v) is 6.78. The van der Waals surface area contributed by atoms with Crippen molar-refractivity contribution >= 4 is 27.3 Å². The normalized spacial score (nSPS) is 13.3. The fraction of sp³-hybridized carbons (Fsp3) is 0.545. The monoisotopic (exact) mass is 291 g/mol. The maximum atomic E-state index is 12.0. The zero-order chi connectivity index (χ0) is 13.8. The molecule has 1 unspecified atom stereocenters. The molecule has 0 aliphatic heterocycles. The molecule has 0 fully saturated rings. The molecule has 0 saturated carbocycles. The Morgan fingerprint density at radius 1 is 1.44 bits per heavy atom. The minimum absolute atomic E-state index is 0.218. The fourth-order valence-electron chi connectivity index (χ4n) is 1.30. The first kappa shape index (κ1) is 15.1. The minimum atomic E-state index is -3.64.